The molecule has 0 bridgehead atoms. The second-order valence-corrected chi connectivity index (χ2v) is 7.95. The Morgan fingerprint density at radius 2 is 2.07 bits per heavy atom. The van der Waals surface area contributed by atoms with Crippen molar-refractivity contribution in [1.29, 1.82) is 0 Å². The molecular formula is C21H25ClN6O. The van der Waals surface area contributed by atoms with E-state index in [0.29, 0.717) is 22.5 Å². The summed E-state index contributed by atoms with van der Waals surface area (Å²) in [4.78, 5) is 19.6. The van der Waals surface area contributed by atoms with Gasteiger partial charge in [0, 0.05) is 36.8 Å². The molecule has 1 fully saturated rings. The number of carbonyl (C=O) groups excluding carboxylic acids is 1. The molecule has 0 spiro atoms. The molecule has 1 amide bonds. The lowest BCUT2D eigenvalue weighted by Gasteiger charge is -2.39. The summed E-state index contributed by atoms with van der Waals surface area (Å²) in [5.74, 6) is 7.16. The molecule has 0 unspecified atom stereocenters. The monoisotopic (exact) mass is 412 g/mol. The summed E-state index contributed by atoms with van der Waals surface area (Å²) >= 11 is 6.16. The minimum absolute atomic E-state index is 0.189. The van der Waals surface area contributed by atoms with E-state index in [1.807, 2.05) is 32.0 Å². The number of aromatic amines is 1. The molecule has 0 radical (unpaired) electrons. The summed E-state index contributed by atoms with van der Waals surface area (Å²) in [6.45, 7) is 5.40. The maximum absolute atomic E-state index is 11.4. The van der Waals surface area contributed by atoms with Gasteiger partial charge in [-0.3, -0.25) is 14.8 Å². The third-order valence-electron chi connectivity index (χ3n) is 5.05. The van der Waals surface area contributed by atoms with Crippen LogP contribution in [0.1, 0.15) is 36.6 Å². The van der Waals surface area contributed by atoms with E-state index in [0.717, 1.165) is 43.5 Å². The number of H-pyrrole nitrogens is 1. The van der Waals surface area contributed by atoms with Gasteiger partial charge in [-0.2, -0.15) is 10.1 Å². The molecule has 1 aliphatic rings. The van der Waals surface area contributed by atoms with Gasteiger partial charge in [-0.25, -0.2) is 0 Å². The zero-order chi connectivity index (χ0) is 21.0. The van der Waals surface area contributed by atoms with Crippen molar-refractivity contribution < 1.29 is 4.79 Å². The number of hydrogen-bond acceptors (Lipinski definition) is 4. The molecule has 1 aliphatic heterocycles. The Labute approximate surface area is 175 Å². The van der Waals surface area contributed by atoms with Gasteiger partial charge < -0.3 is 10.6 Å². The molecule has 1 aromatic carbocycles. The van der Waals surface area contributed by atoms with Crippen LogP contribution in [0, 0.1) is 18.8 Å². The number of halogens is 1. The molecule has 1 aromatic heterocycles. The van der Waals surface area contributed by atoms with Gasteiger partial charge >= 0.3 is 0 Å². The van der Waals surface area contributed by atoms with Gasteiger partial charge in [0.1, 0.15) is 5.69 Å². The Kier molecular flexibility index (Phi) is 6.26. The van der Waals surface area contributed by atoms with Crippen molar-refractivity contribution in [2.75, 3.05) is 20.1 Å². The Morgan fingerprint density at radius 1 is 1.38 bits per heavy atom. The van der Waals surface area contributed by atoms with Crippen LogP contribution < -0.4 is 5.73 Å². The minimum Gasteiger partial charge on any atom is -0.342 e. The highest BCUT2D eigenvalue weighted by atomic mass is 35.5. The van der Waals surface area contributed by atoms with Crippen molar-refractivity contribution in [2.24, 2.45) is 10.7 Å². The first-order chi connectivity index (χ1) is 13.8. The van der Waals surface area contributed by atoms with Crippen molar-refractivity contribution in [3.8, 4) is 11.8 Å². The van der Waals surface area contributed by atoms with E-state index >= 15 is 0 Å². The standard InChI is InChI=1S/C21H25ClN6O/c1-15-18(9-8-16-6-4-5-7-17(16)22)25-26-19(15)24-20(27(3)14-29)28-12-10-21(2,23)11-13-28/h4-7,14H,10-13,23H2,1-3H3,(H,25,26). The molecule has 29 heavy (non-hydrogen) atoms. The summed E-state index contributed by atoms with van der Waals surface area (Å²) in [6.07, 6.45) is 2.40. The molecule has 152 valence electrons. The number of nitrogens with two attached hydrogens (primary N) is 1. The normalized spacial score (nSPS) is 16.2. The number of rotatable bonds is 2. The van der Waals surface area contributed by atoms with E-state index in [1.54, 1.807) is 13.1 Å². The number of aliphatic imine (C=N–C) groups is 1. The number of hydrogen-bond donors (Lipinski definition) is 2. The molecule has 0 atom stereocenters. The second-order valence-electron chi connectivity index (χ2n) is 7.55. The molecule has 3 rings (SSSR count). The molecule has 1 saturated heterocycles. The molecule has 8 heteroatoms. The van der Waals surface area contributed by atoms with Crippen LogP contribution in [0.3, 0.4) is 0 Å². The zero-order valence-corrected chi connectivity index (χ0v) is 17.6. The van der Waals surface area contributed by atoms with Crippen LogP contribution in [-0.2, 0) is 4.79 Å². The topological polar surface area (TPSA) is 90.6 Å². The Morgan fingerprint density at radius 3 is 2.72 bits per heavy atom. The number of amides is 1. The van der Waals surface area contributed by atoms with E-state index in [-0.39, 0.29) is 5.54 Å². The summed E-state index contributed by atoms with van der Waals surface area (Å²) in [7, 11) is 1.68. The van der Waals surface area contributed by atoms with E-state index in [9.17, 15) is 4.79 Å². The largest absolute Gasteiger partial charge is 0.342 e. The van der Waals surface area contributed by atoms with Gasteiger partial charge in [0.15, 0.2) is 5.82 Å². The Balaban J connectivity index is 1.88. The molecule has 2 heterocycles. The van der Waals surface area contributed by atoms with E-state index in [1.165, 1.54) is 4.90 Å². The van der Waals surface area contributed by atoms with Gasteiger partial charge in [0.05, 0.1) is 5.02 Å². The van der Waals surface area contributed by atoms with Crippen LogP contribution in [0.4, 0.5) is 5.82 Å². The predicted octanol–water partition coefficient (Wildman–Crippen LogP) is 2.66. The highest BCUT2D eigenvalue weighted by Gasteiger charge is 2.29. The first-order valence-electron chi connectivity index (χ1n) is 9.43. The van der Waals surface area contributed by atoms with Gasteiger partial charge in [0.2, 0.25) is 12.4 Å². The maximum atomic E-state index is 11.4. The van der Waals surface area contributed by atoms with Gasteiger partial charge in [-0.15, -0.1) is 0 Å². The predicted molar refractivity (Wildman–Crippen MR) is 115 cm³/mol. The lowest BCUT2D eigenvalue weighted by Crippen LogP contribution is -2.52. The highest BCUT2D eigenvalue weighted by Crippen LogP contribution is 2.23. The van der Waals surface area contributed by atoms with Crippen LogP contribution in [-0.4, -0.2) is 58.0 Å². The SMILES string of the molecule is Cc1c(N=C(N(C)C=O)N2CCC(C)(N)CC2)n[nH]c1C#Cc1ccccc1Cl. The third kappa shape index (κ3) is 4.97. The molecule has 0 aliphatic carbocycles. The summed E-state index contributed by atoms with van der Waals surface area (Å²) in [6, 6.07) is 7.41. The fraction of sp³-hybridized carbons (Fsp3) is 0.381. The number of nitrogens with one attached hydrogen (secondary N) is 1. The average Bonchev–Trinajstić information content (AvgIpc) is 3.05. The van der Waals surface area contributed by atoms with Crippen molar-refractivity contribution >= 4 is 29.8 Å². The van der Waals surface area contributed by atoms with Crippen molar-refractivity contribution in [1.82, 2.24) is 20.0 Å². The smallest absolute Gasteiger partial charge is 0.216 e. The molecule has 2 aromatic rings. The average molecular weight is 413 g/mol. The fourth-order valence-electron chi connectivity index (χ4n) is 3.04. The number of benzene rings is 1. The first-order valence-corrected chi connectivity index (χ1v) is 9.81. The summed E-state index contributed by atoms with van der Waals surface area (Å²) in [5.41, 5.74) is 8.25. The minimum atomic E-state index is -0.189. The van der Waals surface area contributed by atoms with Crippen LogP contribution in [0.15, 0.2) is 29.3 Å². The van der Waals surface area contributed by atoms with E-state index in [4.69, 9.17) is 17.3 Å². The van der Waals surface area contributed by atoms with Crippen LogP contribution in [0.25, 0.3) is 0 Å². The molecule has 3 N–H and O–H groups in total. The maximum Gasteiger partial charge on any atom is 0.216 e. The molecule has 7 nitrogen and oxygen atoms in total. The fourth-order valence-corrected chi connectivity index (χ4v) is 3.23. The highest BCUT2D eigenvalue weighted by molar-refractivity contribution is 6.31. The number of piperidine rings is 1. The van der Waals surface area contributed by atoms with Crippen LogP contribution in [0.5, 0.6) is 0 Å². The number of carbonyl (C=O) groups is 1. The Hall–Kier alpha value is -2.82. The quantitative estimate of drug-likeness (QED) is 0.343. The van der Waals surface area contributed by atoms with Crippen LogP contribution in [0.2, 0.25) is 5.02 Å². The van der Waals surface area contributed by atoms with Gasteiger partial charge in [-0.05, 0) is 44.7 Å². The van der Waals surface area contributed by atoms with E-state index < -0.39 is 0 Å². The second kappa shape index (κ2) is 8.68. The number of aromatic nitrogens is 2. The van der Waals surface area contributed by atoms with E-state index in [2.05, 4.69) is 31.9 Å². The van der Waals surface area contributed by atoms with Gasteiger partial charge in [-0.1, -0.05) is 29.7 Å². The summed E-state index contributed by atoms with van der Waals surface area (Å²) in [5, 5.41) is 7.81. The number of guanidine groups is 1. The van der Waals surface area contributed by atoms with Crippen molar-refractivity contribution in [3.05, 3.63) is 46.1 Å². The van der Waals surface area contributed by atoms with Crippen molar-refractivity contribution in [2.45, 2.75) is 32.2 Å². The first kappa shape index (κ1) is 20.9. The van der Waals surface area contributed by atoms with Crippen molar-refractivity contribution in [3.63, 3.8) is 0 Å². The molecular weight excluding hydrogens is 388 g/mol. The lowest BCUT2D eigenvalue weighted by atomic mass is 9.91. The zero-order valence-electron chi connectivity index (χ0n) is 16.9. The number of likely N-dealkylation sites (tertiary alicyclic amines) is 1. The molecule has 0 saturated carbocycles. The third-order valence-corrected chi connectivity index (χ3v) is 5.38. The lowest BCUT2D eigenvalue weighted by molar-refractivity contribution is -0.114. The number of nitrogens with zero attached hydrogens (tertiary/aromatic N) is 4. The summed E-state index contributed by atoms with van der Waals surface area (Å²) < 4.78 is 0. The van der Waals surface area contributed by atoms with Gasteiger partial charge in [0.25, 0.3) is 0 Å². The Bertz CT molecular complexity index is 975. The van der Waals surface area contributed by atoms with Crippen LogP contribution >= 0.6 is 11.6 Å².